The van der Waals surface area contributed by atoms with Crippen molar-refractivity contribution in [1.29, 1.82) is 0 Å². The normalized spacial score (nSPS) is 13.9. The zero-order valence-corrected chi connectivity index (χ0v) is 26.4. The van der Waals surface area contributed by atoms with Crippen molar-refractivity contribution < 1.29 is 0 Å². The van der Waals surface area contributed by atoms with Crippen LogP contribution in [-0.4, -0.2) is 0 Å². The molecule has 2 aromatic rings. The van der Waals surface area contributed by atoms with E-state index in [2.05, 4.69) is 168 Å². The predicted octanol–water partition coefficient (Wildman–Crippen LogP) is 12.4. The summed E-state index contributed by atoms with van der Waals surface area (Å²) in [6.07, 6.45) is 30.9. The average molecular weight is 561 g/mol. The standard InChI is InChI=1S/C40H48S/c1-7-10-12-20-35(9-3)31-37(30-34(6)41)22-17-21-36(18-8-2)28-32(4)19-15-16-23-38-26-27-40(29-33(38)5)39-24-13-11-14-25-39/h7,10-17,19-21,23-29,31,35,41H,4,6,8-9,18,22,30H2,1-3,5H3/b10-7-,19-15-,20-12-,21-17-,23-16-,36-28-,37-31-. The average Bonchev–Trinajstić information content (AvgIpc) is 2.95. The summed E-state index contributed by atoms with van der Waals surface area (Å²) >= 11 is 4.48. The van der Waals surface area contributed by atoms with E-state index in [0.717, 1.165) is 42.6 Å². The molecule has 0 fully saturated rings. The first-order chi connectivity index (χ1) is 19.9. The number of allylic oxidation sites excluding steroid dienone is 15. The quantitative estimate of drug-likeness (QED) is 0.118. The third-order valence-electron chi connectivity index (χ3n) is 6.71. The molecule has 2 rings (SSSR count). The molecule has 0 nitrogen and oxygen atoms in total. The molecule has 41 heavy (non-hydrogen) atoms. The van der Waals surface area contributed by atoms with E-state index in [1.807, 2.05) is 6.92 Å². The summed E-state index contributed by atoms with van der Waals surface area (Å²) in [5.41, 5.74) is 8.62. The maximum absolute atomic E-state index is 4.48. The number of thiol groups is 1. The molecule has 0 aromatic heterocycles. The first kappa shape index (κ1) is 33.7. The van der Waals surface area contributed by atoms with Crippen LogP contribution in [0.25, 0.3) is 17.2 Å². The topological polar surface area (TPSA) is 0 Å². The third-order valence-corrected chi connectivity index (χ3v) is 6.87. The maximum atomic E-state index is 4.48. The van der Waals surface area contributed by atoms with Gasteiger partial charge in [0.2, 0.25) is 0 Å². The first-order valence-electron chi connectivity index (χ1n) is 14.8. The number of benzene rings is 2. The molecule has 1 atom stereocenters. The van der Waals surface area contributed by atoms with Crippen LogP contribution in [0.15, 0.2) is 150 Å². The maximum Gasteiger partial charge on any atom is -0.00121 e. The molecule has 0 aliphatic carbocycles. The summed E-state index contributed by atoms with van der Waals surface area (Å²) in [4.78, 5) is 0.898. The van der Waals surface area contributed by atoms with Crippen molar-refractivity contribution in [3.05, 3.63) is 161 Å². The van der Waals surface area contributed by atoms with Crippen LogP contribution in [0.4, 0.5) is 0 Å². The summed E-state index contributed by atoms with van der Waals surface area (Å²) < 4.78 is 0. The van der Waals surface area contributed by atoms with Gasteiger partial charge in [-0.05, 0) is 83.8 Å². The second kappa shape index (κ2) is 19.5. The van der Waals surface area contributed by atoms with Gasteiger partial charge in [-0.2, -0.15) is 0 Å². The van der Waals surface area contributed by atoms with Crippen molar-refractivity contribution in [2.24, 2.45) is 5.92 Å². The van der Waals surface area contributed by atoms with Gasteiger partial charge in [-0.1, -0.05) is 160 Å². The molecule has 0 radical (unpaired) electrons. The molecule has 2 aromatic carbocycles. The molecule has 0 saturated heterocycles. The van der Waals surface area contributed by atoms with Crippen LogP contribution in [-0.2, 0) is 0 Å². The predicted molar refractivity (Wildman–Crippen MR) is 189 cm³/mol. The second-order valence-electron chi connectivity index (χ2n) is 10.4. The highest BCUT2D eigenvalue weighted by Gasteiger charge is 2.03. The Hall–Kier alpha value is -3.55. The van der Waals surface area contributed by atoms with E-state index in [4.69, 9.17) is 0 Å². The number of hydrogen-bond acceptors (Lipinski definition) is 1. The fourth-order valence-electron chi connectivity index (χ4n) is 4.54. The van der Waals surface area contributed by atoms with Crippen molar-refractivity contribution in [1.82, 2.24) is 0 Å². The molecule has 1 unspecified atom stereocenters. The Kier molecular flexibility index (Phi) is 16.0. The summed E-state index contributed by atoms with van der Waals surface area (Å²) in [6.45, 7) is 16.9. The molecule has 0 amide bonds. The molecule has 0 saturated carbocycles. The number of aryl methyl sites for hydroxylation is 1. The summed E-state index contributed by atoms with van der Waals surface area (Å²) in [5, 5.41) is 0. The zero-order valence-electron chi connectivity index (χ0n) is 25.5. The van der Waals surface area contributed by atoms with Crippen molar-refractivity contribution in [2.45, 2.75) is 59.8 Å². The van der Waals surface area contributed by atoms with E-state index in [1.54, 1.807) is 0 Å². The third kappa shape index (κ3) is 13.6. The van der Waals surface area contributed by atoms with Crippen molar-refractivity contribution in [2.75, 3.05) is 0 Å². The lowest BCUT2D eigenvalue weighted by molar-refractivity contribution is 0.761. The lowest BCUT2D eigenvalue weighted by Gasteiger charge is -2.10. The Morgan fingerprint density at radius 3 is 2.37 bits per heavy atom. The zero-order chi connectivity index (χ0) is 29.9. The van der Waals surface area contributed by atoms with Gasteiger partial charge in [0.1, 0.15) is 0 Å². The molecule has 214 valence electrons. The van der Waals surface area contributed by atoms with E-state index in [9.17, 15) is 0 Å². The van der Waals surface area contributed by atoms with Gasteiger partial charge in [0.25, 0.3) is 0 Å². The highest BCUT2D eigenvalue weighted by atomic mass is 32.1. The fraction of sp³-hybridized carbons (Fsp3) is 0.250. The summed E-state index contributed by atoms with van der Waals surface area (Å²) in [5.74, 6) is 0.413. The van der Waals surface area contributed by atoms with Crippen molar-refractivity contribution in [3.8, 4) is 11.1 Å². The minimum absolute atomic E-state index is 0.413. The van der Waals surface area contributed by atoms with Crippen LogP contribution in [0.5, 0.6) is 0 Å². The molecule has 1 heteroatoms. The molecule has 0 bridgehead atoms. The Morgan fingerprint density at radius 2 is 1.71 bits per heavy atom. The molecular weight excluding hydrogens is 513 g/mol. The largest absolute Gasteiger partial charge is 0.148 e. The van der Waals surface area contributed by atoms with Gasteiger partial charge in [0.05, 0.1) is 0 Å². The fourth-order valence-corrected chi connectivity index (χ4v) is 4.75. The Balaban J connectivity index is 2.06. The summed E-state index contributed by atoms with van der Waals surface area (Å²) in [6, 6.07) is 17.1. The van der Waals surface area contributed by atoms with Crippen molar-refractivity contribution >= 4 is 18.7 Å². The van der Waals surface area contributed by atoms with Crippen LogP contribution >= 0.6 is 12.6 Å². The minimum atomic E-state index is 0.413. The highest BCUT2D eigenvalue weighted by molar-refractivity contribution is 7.84. The van der Waals surface area contributed by atoms with Gasteiger partial charge in [0, 0.05) is 0 Å². The monoisotopic (exact) mass is 560 g/mol. The van der Waals surface area contributed by atoms with Crippen LogP contribution in [0.2, 0.25) is 0 Å². The van der Waals surface area contributed by atoms with Crippen LogP contribution in [0.1, 0.15) is 64.0 Å². The first-order valence-corrected chi connectivity index (χ1v) is 15.2. The van der Waals surface area contributed by atoms with Gasteiger partial charge >= 0.3 is 0 Å². The Labute approximate surface area is 256 Å². The molecule has 0 heterocycles. The minimum Gasteiger partial charge on any atom is -0.148 e. The van der Waals surface area contributed by atoms with Crippen LogP contribution in [0.3, 0.4) is 0 Å². The van der Waals surface area contributed by atoms with E-state index in [-0.39, 0.29) is 0 Å². The van der Waals surface area contributed by atoms with E-state index in [1.165, 1.54) is 33.4 Å². The second-order valence-corrected chi connectivity index (χ2v) is 11.0. The summed E-state index contributed by atoms with van der Waals surface area (Å²) in [7, 11) is 0. The lowest BCUT2D eigenvalue weighted by atomic mass is 9.97. The number of rotatable bonds is 16. The lowest BCUT2D eigenvalue weighted by Crippen LogP contribution is -1.93. The van der Waals surface area contributed by atoms with Gasteiger partial charge < -0.3 is 0 Å². The molecular formula is C40H48S. The van der Waals surface area contributed by atoms with Crippen molar-refractivity contribution in [3.63, 3.8) is 0 Å². The van der Waals surface area contributed by atoms with Gasteiger partial charge in [-0.25, -0.2) is 0 Å². The highest BCUT2D eigenvalue weighted by Crippen LogP contribution is 2.24. The van der Waals surface area contributed by atoms with Gasteiger partial charge in [-0.15, -0.1) is 12.6 Å². The Morgan fingerprint density at radius 1 is 0.927 bits per heavy atom. The van der Waals surface area contributed by atoms with Crippen LogP contribution in [0, 0.1) is 12.8 Å². The molecule has 0 aliphatic heterocycles. The van der Waals surface area contributed by atoms with Gasteiger partial charge in [-0.3, -0.25) is 0 Å². The molecule has 0 aliphatic rings. The SMILES string of the molecule is C=C(/C=C\C=C/c1ccc(-c2ccccc2)cc1C)/C=C(\C=C/C/C(=C/C(/C=C\C=C/C)CC)CC(=C)S)CCC. The molecule has 0 N–H and O–H groups in total. The Bertz CT molecular complexity index is 1320. The number of hydrogen-bond donors (Lipinski definition) is 1. The van der Waals surface area contributed by atoms with Gasteiger partial charge in [0.15, 0.2) is 0 Å². The van der Waals surface area contributed by atoms with E-state index < -0.39 is 0 Å². The van der Waals surface area contributed by atoms with E-state index >= 15 is 0 Å². The smallest absolute Gasteiger partial charge is 0.00121 e. The molecule has 0 spiro atoms. The van der Waals surface area contributed by atoms with Crippen LogP contribution < -0.4 is 0 Å². The van der Waals surface area contributed by atoms with E-state index in [0.29, 0.717) is 5.92 Å².